The highest BCUT2D eigenvalue weighted by Crippen LogP contribution is 2.42. The van der Waals surface area contributed by atoms with Crippen molar-refractivity contribution in [2.24, 2.45) is 5.92 Å². The highest BCUT2D eigenvalue weighted by atomic mass is 35.5. The highest BCUT2D eigenvalue weighted by Gasteiger charge is 2.33. The summed E-state index contributed by atoms with van der Waals surface area (Å²) < 4.78 is 71.5. The first kappa shape index (κ1) is 48.0. The number of benzene rings is 2. The van der Waals surface area contributed by atoms with Crippen LogP contribution in [0, 0.1) is 5.92 Å². The van der Waals surface area contributed by atoms with Crippen LogP contribution in [-0.2, 0) is 23.0 Å². The standard InChI is InChI=1S/C43H54ClF3N6O2S3.C2H6/c1-4-31(10-9-20-44)37-15-13-30(3)24-32(37)26-52-21-17-34(18-22-52)53-23-19-38-40(27-53)48-29-49-42(38)51-58(54,55)36-14-16-39(41(25-36)57-43(45,46)47)50-33(5-2)28-56-35-11-7-6-8-12-35;1-2/h4,6-12,14,16,25,29-30,33-34,50H,5,13,15,17-24,26-28H2,1-3H3,(H,48,49,51);1-2H3/b10-9-,31-4+;/t30?,33-;/m1./s1. The van der Waals surface area contributed by atoms with Crippen LogP contribution >= 0.6 is 35.1 Å². The van der Waals surface area contributed by atoms with Crippen molar-refractivity contribution in [2.45, 2.75) is 118 Å². The lowest BCUT2D eigenvalue weighted by Gasteiger charge is -2.41. The summed E-state index contributed by atoms with van der Waals surface area (Å²) >= 11 is 7.25. The van der Waals surface area contributed by atoms with Gasteiger partial charge in [0.2, 0.25) is 0 Å². The largest absolute Gasteiger partial charge is 0.446 e. The molecule has 15 heteroatoms. The number of thioether (sulfide) groups is 2. The number of anilines is 2. The first-order valence-electron chi connectivity index (χ1n) is 21.1. The van der Waals surface area contributed by atoms with Crippen molar-refractivity contribution in [3.8, 4) is 0 Å². The molecule has 0 saturated carbocycles. The monoisotopic (exact) mass is 904 g/mol. The molecule has 0 radical (unpaired) electrons. The van der Waals surface area contributed by atoms with Crippen LogP contribution < -0.4 is 10.0 Å². The normalized spacial score (nSPS) is 19.1. The molecule has 2 N–H and O–H groups in total. The summed E-state index contributed by atoms with van der Waals surface area (Å²) in [5.41, 5.74) is 1.42. The summed E-state index contributed by atoms with van der Waals surface area (Å²) in [6.07, 6.45) is 14.5. The summed E-state index contributed by atoms with van der Waals surface area (Å²) in [6.45, 7) is 14.7. The number of rotatable bonds is 16. The van der Waals surface area contributed by atoms with E-state index in [-0.39, 0.29) is 39.1 Å². The van der Waals surface area contributed by atoms with Crippen molar-refractivity contribution < 1.29 is 21.6 Å². The molecule has 0 spiro atoms. The third kappa shape index (κ3) is 13.5. The molecule has 3 aromatic rings. The van der Waals surface area contributed by atoms with Crippen molar-refractivity contribution in [3.05, 3.63) is 101 Å². The number of likely N-dealkylation sites (tertiary alicyclic amines) is 1. The van der Waals surface area contributed by atoms with Crippen molar-refractivity contribution in [2.75, 3.05) is 47.9 Å². The van der Waals surface area contributed by atoms with Gasteiger partial charge in [0.15, 0.2) is 0 Å². The van der Waals surface area contributed by atoms with E-state index in [0.717, 1.165) is 74.1 Å². The Labute approximate surface area is 369 Å². The van der Waals surface area contributed by atoms with Crippen LogP contribution in [0.4, 0.5) is 24.7 Å². The molecule has 8 nitrogen and oxygen atoms in total. The van der Waals surface area contributed by atoms with Crippen LogP contribution in [0.1, 0.15) is 84.4 Å². The second-order valence-corrected chi connectivity index (χ2v) is 19.5. The number of hydrogen-bond acceptors (Lipinski definition) is 9. The van der Waals surface area contributed by atoms with Gasteiger partial charge in [-0.25, -0.2) is 18.4 Å². The number of nitrogens with zero attached hydrogens (tertiary/aromatic N) is 4. The fourth-order valence-electron chi connectivity index (χ4n) is 8.13. The van der Waals surface area contributed by atoms with Crippen LogP contribution in [0.3, 0.4) is 0 Å². The Kier molecular flexibility index (Phi) is 18.3. The molecule has 6 rings (SSSR count). The average Bonchev–Trinajstić information content (AvgIpc) is 3.24. The Morgan fingerprint density at radius 1 is 1.05 bits per heavy atom. The van der Waals surface area contributed by atoms with Gasteiger partial charge in [-0.3, -0.25) is 14.5 Å². The van der Waals surface area contributed by atoms with Gasteiger partial charge >= 0.3 is 5.51 Å². The molecule has 1 saturated heterocycles. The molecule has 1 aliphatic carbocycles. The van der Waals surface area contributed by atoms with Gasteiger partial charge in [0.05, 0.1) is 10.6 Å². The molecule has 1 unspecified atom stereocenters. The quantitative estimate of drug-likeness (QED) is 0.0828. The van der Waals surface area contributed by atoms with E-state index in [0.29, 0.717) is 43.0 Å². The van der Waals surface area contributed by atoms with E-state index >= 15 is 0 Å². The van der Waals surface area contributed by atoms with Gasteiger partial charge in [0.25, 0.3) is 10.0 Å². The van der Waals surface area contributed by atoms with Crippen LogP contribution in [0.5, 0.6) is 0 Å². The van der Waals surface area contributed by atoms with Crippen LogP contribution in [0.2, 0.25) is 0 Å². The summed E-state index contributed by atoms with van der Waals surface area (Å²) in [5, 5.41) is 3.23. The van der Waals surface area contributed by atoms with Crippen molar-refractivity contribution in [1.82, 2.24) is 19.8 Å². The van der Waals surface area contributed by atoms with E-state index in [1.807, 2.05) is 57.2 Å². The molecule has 1 fully saturated rings. The molecular weight excluding hydrogens is 845 g/mol. The number of hydrogen-bond donors (Lipinski definition) is 2. The van der Waals surface area contributed by atoms with Gasteiger partial charge in [-0.1, -0.05) is 69.7 Å². The minimum Gasteiger partial charge on any atom is -0.381 e. The first-order chi connectivity index (χ1) is 28.9. The van der Waals surface area contributed by atoms with E-state index in [9.17, 15) is 21.6 Å². The molecule has 2 atom stereocenters. The fourth-order valence-corrected chi connectivity index (χ4v) is 11.1. The zero-order valence-corrected chi connectivity index (χ0v) is 38.6. The van der Waals surface area contributed by atoms with Gasteiger partial charge in [-0.05, 0) is 124 Å². The number of allylic oxidation sites excluding steroid dienone is 5. The van der Waals surface area contributed by atoms with E-state index in [2.05, 4.69) is 55.8 Å². The van der Waals surface area contributed by atoms with E-state index < -0.39 is 15.5 Å². The number of piperidine rings is 1. The summed E-state index contributed by atoms with van der Waals surface area (Å²) in [5.74, 6) is 1.98. The van der Waals surface area contributed by atoms with Crippen molar-refractivity contribution in [1.29, 1.82) is 0 Å². The Morgan fingerprint density at radius 3 is 2.48 bits per heavy atom. The maximum absolute atomic E-state index is 13.8. The zero-order chi connectivity index (χ0) is 43.3. The minimum atomic E-state index is -4.62. The molecular formula is C45H60ClF3N6O2S3. The maximum Gasteiger partial charge on any atom is 0.446 e. The van der Waals surface area contributed by atoms with Gasteiger partial charge in [-0.2, -0.15) is 13.2 Å². The van der Waals surface area contributed by atoms with E-state index in [1.165, 1.54) is 36.0 Å². The second-order valence-electron chi connectivity index (χ2n) is 15.3. The maximum atomic E-state index is 13.8. The number of sulfonamides is 1. The predicted molar refractivity (Wildman–Crippen MR) is 245 cm³/mol. The minimum absolute atomic E-state index is 0.143. The SMILES string of the molecule is C/C=C(\C=C/CCl)C1=C(CN2CCC(N3CCc4c(ncnc4NS(=O)(=O)c4ccc(N[C@H](CC)CSc5ccccc5)c(SC(F)(F)F)c4)C3)CC2)CC(C)CC1.CC. The number of nitrogens with one attached hydrogen (secondary N) is 2. The van der Waals surface area contributed by atoms with Gasteiger partial charge in [-0.15, -0.1) is 23.4 Å². The molecule has 328 valence electrons. The summed E-state index contributed by atoms with van der Waals surface area (Å²) in [6, 6.07) is 13.9. The van der Waals surface area contributed by atoms with Crippen molar-refractivity contribution >= 4 is 56.7 Å². The Hall–Kier alpha value is -3.01. The molecule has 1 aromatic heterocycles. The lowest BCUT2D eigenvalue weighted by molar-refractivity contribution is -0.0328. The summed E-state index contributed by atoms with van der Waals surface area (Å²) in [4.78, 5) is 14.5. The molecule has 3 aliphatic rings. The lowest BCUT2D eigenvalue weighted by Crippen LogP contribution is -2.47. The molecule has 60 heavy (non-hydrogen) atoms. The van der Waals surface area contributed by atoms with Gasteiger partial charge in [0, 0.05) is 64.4 Å². The average molecular weight is 906 g/mol. The predicted octanol–water partition coefficient (Wildman–Crippen LogP) is 11.6. The third-order valence-corrected chi connectivity index (χ3v) is 14.7. The molecule has 2 aromatic carbocycles. The topological polar surface area (TPSA) is 90.5 Å². The van der Waals surface area contributed by atoms with Crippen LogP contribution in [0.15, 0.2) is 104 Å². The smallest absolute Gasteiger partial charge is 0.381 e. The molecule has 3 heterocycles. The highest BCUT2D eigenvalue weighted by molar-refractivity contribution is 8.00. The van der Waals surface area contributed by atoms with E-state index in [4.69, 9.17) is 11.6 Å². The van der Waals surface area contributed by atoms with Crippen molar-refractivity contribution in [3.63, 3.8) is 0 Å². The zero-order valence-electron chi connectivity index (χ0n) is 35.4. The molecule has 0 amide bonds. The van der Waals surface area contributed by atoms with Crippen LogP contribution in [0.25, 0.3) is 0 Å². The second kappa shape index (κ2) is 22.9. The molecule has 2 aliphatic heterocycles. The Bertz CT molecular complexity index is 2060. The summed E-state index contributed by atoms with van der Waals surface area (Å²) in [7, 11) is -4.28. The van der Waals surface area contributed by atoms with Gasteiger partial charge < -0.3 is 5.32 Å². The number of aromatic nitrogens is 2. The Morgan fingerprint density at radius 2 is 1.80 bits per heavy atom. The van der Waals surface area contributed by atoms with Gasteiger partial charge in [0.1, 0.15) is 12.1 Å². The fraction of sp³-hybridized carbons (Fsp3) is 0.511. The molecule has 0 bridgehead atoms. The van der Waals surface area contributed by atoms with Crippen LogP contribution in [-0.4, -0.2) is 83.6 Å². The lowest BCUT2D eigenvalue weighted by atomic mass is 9.81. The first-order valence-corrected chi connectivity index (χ1v) is 24.9. The van der Waals surface area contributed by atoms with E-state index in [1.54, 1.807) is 17.3 Å². The number of halogens is 4. The number of alkyl halides is 4. The number of fused-ring (bicyclic) bond motifs is 1. The third-order valence-electron chi connectivity index (χ3n) is 11.2. The Balaban J connectivity index is 0.00000336.